The summed E-state index contributed by atoms with van der Waals surface area (Å²) in [6.45, 7) is 5.37. The van der Waals surface area contributed by atoms with E-state index in [0.717, 1.165) is 0 Å². The minimum Gasteiger partial charge on any atom is -0.299 e. The first kappa shape index (κ1) is 14.0. The smallest absolute Gasteiger partial charge is 0.270 e. The van der Waals surface area contributed by atoms with Crippen LogP contribution in [0.25, 0.3) is 10.9 Å². The molecule has 0 amide bonds. The highest BCUT2D eigenvalue weighted by atomic mass is 16.6. The summed E-state index contributed by atoms with van der Waals surface area (Å²) >= 11 is 0. The van der Waals surface area contributed by atoms with Crippen molar-refractivity contribution in [3.05, 3.63) is 40.3 Å². The second kappa shape index (κ2) is 5.32. The van der Waals surface area contributed by atoms with Crippen LogP contribution < -0.4 is 0 Å². The van der Waals surface area contributed by atoms with Crippen molar-refractivity contribution in [1.29, 1.82) is 0 Å². The van der Waals surface area contributed by atoms with Gasteiger partial charge < -0.3 is 0 Å². The summed E-state index contributed by atoms with van der Waals surface area (Å²) in [5.41, 5.74) is 1.13. The summed E-state index contributed by atoms with van der Waals surface area (Å²) in [5, 5.41) is 11.5. The van der Waals surface area contributed by atoms with Gasteiger partial charge >= 0.3 is 0 Å². The zero-order valence-electron chi connectivity index (χ0n) is 11.5. The average molecular weight is 273 g/mol. The normalized spacial score (nSPS) is 12.6. The number of fused-ring (bicyclic) bond motifs is 1. The first-order valence-corrected chi connectivity index (χ1v) is 6.31. The summed E-state index contributed by atoms with van der Waals surface area (Å²) in [7, 11) is 0. The zero-order valence-corrected chi connectivity index (χ0v) is 11.5. The largest absolute Gasteiger partial charge is 0.299 e. The van der Waals surface area contributed by atoms with E-state index in [1.165, 1.54) is 25.4 Å². The fraction of sp³-hybridized carbons (Fsp3) is 0.357. The number of nitro groups is 1. The molecule has 0 radical (unpaired) electrons. The topological polar surface area (TPSA) is 86.0 Å². The predicted octanol–water partition coefficient (Wildman–Crippen LogP) is 2.87. The maximum atomic E-state index is 11.9. The van der Waals surface area contributed by atoms with E-state index in [4.69, 9.17) is 0 Å². The van der Waals surface area contributed by atoms with E-state index in [2.05, 4.69) is 9.97 Å². The van der Waals surface area contributed by atoms with E-state index in [1.54, 1.807) is 6.07 Å². The molecule has 1 unspecified atom stereocenters. The van der Waals surface area contributed by atoms with Gasteiger partial charge in [0.05, 0.1) is 22.1 Å². The molecule has 0 bridgehead atoms. The molecule has 0 N–H and O–H groups in total. The van der Waals surface area contributed by atoms with Gasteiger partial charge in [0.2, 0.25) is 0 Å². The molecule has 0 saturated heterocycles. The molecular formula is C14H15N3O3. The molecule has 104 valence electrons. The first-order chi connectivity index (χ1) is 9.41. The number of nitro benzene ring substituents is 1. The molecule has 1 atom stereocenters. The molecule has 0 spiro atoms. The Bertz CT molecular complexity index is 682. The molecule has 0 fully saturated rings. The molecule has 6 heteroatoms. The van der Waals surface area contributed by atoms with Gasteiger partial charge in [-0.2, -0.15) is 0 Å². The van der Waals surface area contributed by atoms with Gasteiger partial charge in [-0.05, 0) is 18.9 Å². The Morgan fingerprint density at radius 1 is 1.30 bits per heavy atom. The summed E-state index contributed by atoms with van der Waals surface area (Å²) in [6, 6.07) is 4.41. The Morgan fingerprint density at radius 2 is 2.00 bits per heavy atom. The number of nitrogens with zero attached hydrogens (tertiary/aromatic N) is 3. The van der Waals surface area contributed by atoms with Crippen LogP contribution in [0.1, 0.15) is 32.4 Å². The summed E-state index contributed by atoms with van der Waals surface area (Å²) < 4.78 is 0. The van der Waals surface area contributed by atoms with Gasteiger partial charge in [0.1, 0.15) is 12.1 Å². The van der Waals surface area contributed by atoms with Gasteiger partial charge in [-0.15, -0.1) is 0 Å². The van der Waals surface area contributed by atoms with Gasteiger partial charge in [0, 0.05) is 17.5 Å². The number of hydrogen-bond acceptors (Lipinski definition) is 5. The van der Waals surface area contributed by atoms with Gasteiger partial charge in [-0.3, -0.25) is 14.9 Å². The Labute approximate surface area is 116 Å². The van der Waals surface area contributed by atoms with Gasteiger partial charge in [0.15, 0.2) is 0 Å². The number of carbonyl (C=O) groups excluding carboxylic acids is 1. The zero-order chi connectivity index (χ0) is 14.9. The fourth-order valence-electron chi connectivity index (χ4n) is 2.40. The van der Waals surface area contributed by atoms with E-state index in [0.29, 0.717) is 16.6 Å². The summed E-state index contributed by atoms with van der Waals surface area (Å²) in [4.78, 5) is 30.6. The maximum absolute atomic E-state index is 11.9. The van der Waals surface area contributed by atoms with Gasteiger partial charge in [-0.1, -0.05) is 13.8 Å². The number of aromatic nitrogens is 2. The molecular weight excluding hydrogens is 258 g/mol. The van der Waals surface area contributed by atoms with Crippen LogP contribution in [-0.2, 0) is 4.79 Å². The van der Waals surface area contributed by atoms with Crippen molar-refractivity contribution >= 4 is 22.4 Å². The molecule has 0 aliphatic carbocycles. The van der Waals surface area contributed by atoms with Crippen molar-refractivity contribution in [2.24, 2.45) is 5.92 Å². The third-order valence-corrected chi connectivity index (χ3v) is 3.26. The lowest BCUT2D eigenvalue weighted by atomic mass is 9.87. The van der Waals surface area contributed by atoms with Crippen LogP contribution in [0.5, 0.6) is 0 Å². The van der Waals surface area contributed by atoms with E-state index < -0.39 is 4.92 Å². The lowest BCUT2D eigenvalue weighted by molar-refractivity contribution is -0.384. The van der Waals surface area contributed by atoms with Crippen LogP contribution in [0.15, 0.2) is 24.5 Å². The minimum absolute atomic E-state index is 0.00786. The van der Waals surface area contributed by atoms with Crippen molar-refractivity contribution in [1.82, 2.24) is 9.97 Å². The Morgan fingerprint density at radius 3 is 2.55 bits per heavy atom. The van der Waals surface area contributed by atoms with Gasteiger partial charge in [-0.25, -0.2) is 9.97 Å². The van der Waals surface area contributed by atoms with E-state index >= 15 is 0 Å². The lowest BCUT2D eigenvalue weighted by Crippen LogP contribution is -2.17. The minimum atomic E-state index is -0.464. The van der Waals surface area contributed by atoms with Crippen molar-refractivity contribution in [3.63, 3.8) is 0 Å². The first-order valence-electron chi connectivity index (χ1n) is 6.31. The van der Waals surface area contributed by atoms with E-state index in [1.807, 2.05) is 13.8 Å². The molecule has 2 aromatic rings. The number of Topliss-reactive ketones (excluding diaryl/α,β-unsaturated/α-hetero) is 1. The fourth-order valence-corrected chi connectivity index (χ4v) is 2.40. The number of rotatable bonds is 4. The molecule has 2 rings (SSSR count). The standard InChI is InChI=1S/C14H15N3O3/c1-8(2)13(9(3)18)14-11-6-10(17(19)20)4-5-12(11)15-7-16-14/h4-8,13H,1-3H3. The quantitative estimate of drug-likeness (QED) is 0.631. The van der Waals surface area contributed by atoms with E-state index in [-0.39, 0.29) is 23.3 Å². The Balaban J connectivity index is 2.71. The monoisotopic (exact) mass is 273 g/mol. The van der Waals surface area contributed by atoms with Crippen LogP contribution in [0.4, 0.5) is 5.69 Å². The third-order valence-electron chi connectivity index (χ3n) is 3.26. The van der Waals surface area contributed by atoms with Crippen LogP contribution in [0.3, 0.4) is 0 Å². The maximum Gasteiger partial charge on any atom is 0.270 e. The molecule has 0 saturated carbocycles. The highest BCUT2D eigenvalue weighted by Crippen LogP contribution is 2.30. The molecule has 6 nitrogen and oxygen atoms in total. The highest BCUT2D eigenvalue weighted by molar-refractivity contribution is 5.91. The third kappa shape index (κ3) is 2.49. The molecule has 20 heavy (non-hydrogen) atoms. The number of carbonyl (C=O) groups is 1. The Hall–Kier alpha value is -2.37. The molecule has 1 heterocycles. The van der Waals surface area contributed by atoms with Crippen molar-refractivity contribution in [3.8, 4) is 0 Å². The number of benzene rings is 1. The number of ketones is 1. The Kier molecular flexibility index (Phi) is 3.74. The van der Waals surface area contributed by atoms with Crippen LogP contribution in [0, 0.1) is 16.0 Å². The van der Waals surface area contributed by atoms with E-state index in [9.17, 15) is 14.9 Å². The highest BCUT2D eigenvalue weighted by Gasteiger charge is 2.25. The van der Waals surface area contributed by atoms with Gasteiger partial charge in [0.25, 0.3) is 5.69 Å². The van der Waals surface area contributed by atoms with Crippen molar-refractivity contribution in [2.45, 2.75) is 26.7 Å². The van der Waals surface area contributed by atoms with Crippen LogP contribution in [0.2, 0.25) is 0 Å². The number of non-ortho nitro benzene ring substituents is 1. The molecule has 1 aromatic heterocycles. The van der Waals surface area contributed by atoms with Crippen molar-refractivity contribution < 1.29 is 9.72 Å². The van der Waals surface area contributed by atoms with Crippen molar-refractivity contribution in [2.75, 3.05) is 0 Å². The summed E-state index contributed by atoms with van der Waals surface area (Å²) in [5.74, 6) is -0.334. The second-order valence-electron chi connectivity index (χ2n) is 5.05. The SMILES string of the molecule is CC(=O)C(c1ncnc2ccc([N+](=O)[O-])cc12)C(C)C. The second-order valence-corrected chi connectivity index (χ2v) is 5.05. The predicted molar refractivity (Wildman–Crippen MR) is 74.5 cm³/mol. The summed E-state index contributed by atoms with van der Waals surface area (Å²) in [6.07, 6.45) is 1.39. The molecule has 0 aliphatic heterocycles. The molecule has 0 aliphatic rings. The average Bonchev–Trinajstić information content (AvgIpc) is 2.37. The number of hydrogen-bond donors (Lipinski definition) is 0. The van der Waals surface area contributed by atoms with Crippen LogP contribution >= 0.6 is 0 Å². The molecule has 1 aromatic carbocycles. The van der Waals surface area contributed by atoms with Crippen LogP contribution in [-0.4, -0.2) is 20.7 Å². The lowest BCUT2D eigenvalue weighted by Gasteiger charge is -2.18.